The van der Waals surface area contributed by atoms with E-state index in [1.807, 2.05) is 6.92 Å². The predicted octanol–water partition coefficient (Wildman–Crippen LogP) is 4.34. The second kappa shape index (κ2) is 5.75. The molecule has 1 aliphatic carbocycles. The van der Waals surface area contributed by atoms with Crippen LogP contribution in [0, 0.1) is 6.92 Å². The molecule has 1 fully saturated rings. The molecule has 0 spiro atoms. The highest BCUT2D eigenvalue weighted by molar-refractivity contribution is 5.87. The number of nitrogens with zero attached hydrogens (tertiary/aromatic N) is 2. The highest BCUT2D eigenvalue weighted by Crippen LogP contribution is 2.40. The molecular formula is C18H18F3N3O. The molecule has 0 unspecified atom stereocenters. The quantitative estimate of drug-likeness (QED) is 0.810. The molecule has 1 aromatic heterocycles. The van der Waals surface area contributed by atoms with Gasteiger partial charge < -0.3 is 10.8 Å². The van der Waals surface area contributed by atoms with Crippen LogP contribution in [0.25, 0.3) is 11.3 Å². The number of aromatic nitrogens is 1. The number of aryl methyl sites for hydroxylation is 1. The van der Waals surface area contributed by atoms with Crippen LogP contribution in [0.5, 0.6) is 5.75 Å². The number of hydrogen-bond acceptors (Lipinski definition) is 4. The third kappa shape index (κ3) is 3.60. The van der Waals surface area contributed by atoms with Crippen molar-refractivity contribution in [2.45, 2.75) is 38.4 Å². The van der Waals surface area contributed by atoms with Crippen LogP contribution >= 0.6 is 0 Å². The van der Waals surface area contributed by atoms with E-state index < -0.39 is 17.5 Å². The molecule has 3 N–H and O–H groups in total. The molecule has 3 rings (SSSR count). The standard InChI is InChI=1S/C18H18F3N3O/c1-10-7-12(18(19,20)21)8-14(25)15(10)13-4-3-11(16(22)24-13)9-23-17(2)5-6-17/h3-4,7-9,25H,5-6H2,1-2H3,(H2,22,24). The summed E-state index contributed by atoms with van der Waals surface area (Å²) >= 11 is 0. The van der Waals surface area contributed by atoms with Crippen molar-refractivity contribution >= 4 is 12.0 Å². The number of nitrogens with two attached hydrogens (primary N) is 1. The molecule has 2 aromatic rings. The number of nitrogen functional groups attached to an aromatic ring is 1. The van der Waals surface area contributed by atoms with Crippen LogP contribution in [0.2, 0.25) is 0 Å². The number of rotatable bonds is 3. The first-order valence-corrected chi connectivity index (χ1v) is 7.82. The lowest BCUT2D eigenvalue weighted by molar-refractivity contribution is -0.137. The van der Waals surface area contributed by atoms with E-state index in [1.54, 1.807) is 18.3 Å². The maximum absolute atomic E-state index is 12.8. The topological polar surface area (TPSA) is 71.5 Å². The Hall–Kier alpha value is -2.57. The van der Waals surface area contributed by atoms with Crippen molar-refractivity contribution in [2.24, 2.45) is 4.99 Å². The maximum Gasteiger partial charge on any atom is 0.416 e. The summed E-state index contributed by atoms with van der Waals surface area (Å²) in [5.74, 6) is -0.268. The molecule has 0 radical (unpaired) electrons. The largest absolute Gasteiger partial charge is 0.507 e. The third-order valence-electron chi connectivity index (χ3n) is 4.34. The Labute approximate surface area is 143 Å². The summed E-state index contributed by atoms with van der Waals surface area (Å²) in [5.41, 5.74) is 6.48. The Kier molecular flexibility index (Phi) is 3.97. The first-order valence-electron chi connectivity index (χ1n) is 7.82. The molecule has 0 atom stereocenters. The van der Waals surface area contributed by atoms with E-state index in [1.165, 1.54) is 6.92 Å². The fourth-order valence-electron chi connectivity index (χ4n) is 2.53. The van der Waals surface area contributed by atoms with Crippen molar-refractivity contribution in [3.8, 4) is 17.0 Å². The van der Waals surface area contributed by atoms with Crippen LogP contribution in [0.15, 0.2) is 29.3 Å². The van der Waals surface area contributed by atoms with Crippen molar-refractivity contribution in [3.05, 3.63) is 41.0 Å². The number of hydrogen-bond donors (Lipinski definition) is 2. The average molecular weight is 349 g/mol. The van der Waals surface area contributed by atoms with Gasteiger partial charge in [0.2, 0.25) is 0 Å². The van der Waals surface area contributed by atoms with Gasteiger partial charge in [0.1, 0.15) is 11.6 Å². The summed E-state index contributed by atoms with van der Waals surface area (Å²) < 4.78 is 38.5. The van der Waals surface area contributed by atoms with Crippen LogP contribution in [0.1, 0.15) is 36.5 Å². The van der Waals surface area contributed by atoms with Crippen molar-refractivity contribution in [3.63, 3.8) is 0 Å². The zero-order valence-corrected chi connectivity index (χ0v) is 13.9. The Morgan fingerprint density at radius 1 is 1.28 bits per heavy atom. The van der Waals surface area contributed by atoms with Gasteiger partial charge in [0.25, 0.3) is 0 Å². The van der Waals surface area contributed by atoms with Gasteiger partial charge in [0.05, 0.1) is 16.8 Å². The minimum atomic E-state index is -4.52. The smallest absolute Gasteiger partial charge is 0.416 e. The highest BCUT2D eigenvalue weighted by atomic mass is 19.4. The summed E-state index contributed by atoms with van der Waals surface area (Å²) in [5, 5.41) is 10.1. The number of halogens is 3. The van der Waals surface area contributed by atoms with Crippen LogP contribution in [-0.4, -0.2) is 21.8 Å². The summed E-state index contributed by atoms with van der Waals surface area (Å²) in [6, 6.07) is 4.99. The van der Waals surface area contributed by atoms with E-state index in [2.05, 4.69) is 9.98 Å². The summed E-state index contributed by atoms with van der Waals surface area (Å²) in [6.45, 7) is 3.54. The van der Waals surface area contributed by atoms with E-state index in [4.69, 9.17) is 5.73 Å². The van der Waals surface area contributed by atoms with E-state index >= 15 is 0 Å². The van der Waals surface area contributed by atoms with Crippen molar-refractivity contribution in [2.75, 3.05) is 5.73 Å². The molecule has 0 saturated heterocycles. The van der Waals surface area contributed by atoms with E-state index in [-0.39, 0.29) is 22.5 Å². The highest BCUT2D eigenvalue weighted by Gasteiger charge is 2.36. The Morgan fingerprint density at radius 2 is 1.96 bits per heavy atom. The van der Waals surface area contributed by atoms with Gasteiger partial charge in [-0.05, 0) is 56.5 Å². The van der Waals surface area contributed by atoms with Gasteiger partial charge in [0, 0.05) is 17.3 Å². The zero-order chi connectivity index (χ0) is 18.4. The number of aliphatic imine (C=N–C) groups is 1. The molecule has 1 aromatic carbocycles. The molecular weight excluding hydrogens is 331 g/mol. The van der Waals surface area contributed by atoms with E-state index in [0.717, 1.165) is 18.9 Å². The van der Waals surface area contributed by atoms with E-state index in [0.29, 0.717) is 17.3 Å². The Balaban J connectivity index is 1.97. The molecule has 1 saturated carbocycles. The lowest BCUT2D eigenvalue weighted by Gasteiger charge is -2.14. The molecule has 1 heterocycles. The normalized spacial score (nSPS) is 16.4. The van der Waals surface area contributed by atoms with Crippen LogP contribution < -0.4 is 5.73 Å². The second-order valence-electron chi connectivity index (χ2n) is 6.61. The predicted molar refractivity (Wildman–Crippen MR) is 90.7 cm³/mol. The van der Waals surface area contributed by atoms with Gasteiger partial charge in [0.15, 0.2) is 0 Å². The molecule has 1 aliphatic rings. The summed E-state index contributed by atoms with van der Waals surface area (Å²) in [7, 11) is 0. The molecule has 4 nitrogen and oxygen atoms in total. The number of pyridine rings is 1. The van der Waals surface area contributed by atoms with Gasteiger partial charge >= 0.3 is 6.18 Å². The van der Waals surface area contributed by atoms with E-state index in [9.17, 15) is 18.3 Å². The first kappa shape index (κ1) is 17.3. The van der Waals surface area contributed by atoms with Crippen LogP contribution in [0.4, 0.5) is 19.0 Å². The number of alkyl halides is 3. The van der Waals surface area contributed by atoms with Gasteiger partial charge in [-0.1, -0.05) is 0 Å². The maximum atomic E-state index is 12.8. The van der Waals surface area contributed by atoms with Crippen molar-refractivity contribution in [1.82, 2.24) is 4.98 Å². The Morgan fingerprint density at radius 3 is 2.48 bits per heavy atom. The monoisotopic (exact) mass is 349 g/mol. The van der Waals surface area contributed by atoms with Crippen LogP contribution in [0.3, 0.4) is 0 Å². The number of anilines is 1. The second-order valence-corrected chi connectivity index (χ2v) is 6.61. The number of aromatic hydroxyl groups is 1. The minimum absolute atomic E-state index is 0.0204. The average Bonchev–Trinajstić information content (AvgIpc) is 3.23. The lowest BCUT2D eigenvalue weighted by atomic mass is 10.00. The van der Waals surface area contributed by atoms with Crippen LogP contribution in [-0.2, 0) is 6.18 Å². The molecule has 132 valence electrons. The van der Waals surface area contributed by atoms with Crippen molar-refractivity contribution < 1.29 is 18.3 Å². The van der Waals surface area contributed by atoms with Gasteiger partial charge in [-0.3, -0.25) is 4.99 Å². The fourth-order valence-corrected chi connectivity index (χ4v) is 2.53. The minimum Gasteiger partial charge on any atom is -0.507 e. The molecule has 25 heavy (non-hydrogen) atoms. The number of phenolic OH excluding ortho intramolecular Hbond substituents is 1. The molecule has 0 bridgehead atoms. The summed E-state index contributed by atoms with van der Waals surface area (Å²) in [4.78, 5) is 8.68. The fraction of sp³-hybridized carbons (Fsp3) is 0.333. The SMILES string of the molecule is Cc1cc(C(F)(F)F)cc(O)c1-c1ccc(C=NC2(C)CC2)c(N)n1. The lowest BCUT2D eigenvalue weighted by Crippen LogP contribution is -2.06. The Bertz CT molecular complexity index is 832. The van der Waals surface area contributed by atoms with Gasteiger partial charge in [-0.2, -0.15) is 13.2 Å². The molecule has 0 amide bonds. The zero-order valence-electron chi connectivity index (χ0n) is 13.9. The number of phenols is 1. The number of benzene rings is 1. The van der Waals surface area contributed by atoms with Crippen molar-refractivity contribution in [1.29, 1.82) is 0 Å². The third-order valence-corrected chi connectivity index (χ3v) is 4.34. The first-order chi connectivity index (χ1) is 11.6. The molecule has 0 aliphatic heterocycles. The molecule has 7 heteroatoms. The van der Waals surface area contributed by atoms with Gasteiger partial charge in [-0.15, -0.1) is 0 Å². The van der Waals surface area contributed by atoms with Gasteiger partial charge in [-0.25, -0.2) is 4.98 Å². The summed E-state index contributed by atoms with van der Waals surface area (Å²) in [6.07, 6.45) is -0.786.